The first kappa shape index (κ1) is 11.6. The third-order valence-corrected chi connectivity index (χ3v) is 3.08. The molecule has 16 heavy (non-hydrogen) atoms. The lowest BCUT2D eigenvalue weighted by Gasteiger charge is -2.04. The zero-order valence-electron chi connectivity index (χ0n) is 9.04. The maximum atomic E-state index is 5.76. The lowest BCUT2D eigenvalue weighted by atomic mass is 10.1. The largest absolute Gasteiger partial charge is 0.313 e. The molecule has 5 heteroatoms. The molecule has 0 N–H and O–H groups in total. The number of hydrogen-bond acceptors (Lipinski definition) is 2. The van der Waals surface area contributed by atoms with Crippen LogP contribution in [0.4, 0.5) is 0 Å². The maximum Gasteiger partial charge on any atom is 0.163 e. The highest BCUT2D eigenvalue weighted by atomic mass is 79.9. The molecule has 0 saturated heterocycles. The van der Waals surface area contributed by atoms with E-state index >= 15 is 0 Å². The van der Waals surface area contributed by atoms with Crippen LogP contribution in [-0.2, 0) is 12.9 Å². The van der Waals surface area contributed by atoms with Crippen molar-refractivity contribution in [1.82, 2.24) is 14.8 Å². The molecule has 1 aromatic carbocycles. The molecule has 0 radical (unpaired) electrons. The van der Waals surface area contributed by atoms with Gasteiger partial charge in [-0.15, -0.1) is 21.8 Å². The van der Waals surface area contributed by atoms with Gasteiger partial charge < -0.3 is 4.57 Å². The lowest BCUT2D eigenvalue weighted by Crippen LogP contribution is -1.97. The van der Waals surface area contributed by atoms with Crippen molar-refractivity contribution in [2.75, 3.05) is 0 Å². The van der Waals surface area contributed by atoms with E-state index in [1.807, 2.05) is 24.6 Å². The minimum Gasteiger partial charge on any atom is -0.313 e. The van der Waals surface area contributed by atoms with Crippen molar-refractivity contribution in [2.24, 2.45) is 7.05 Å². The fraction of sp³-hybridized carbons (Fsp3) is 0.273. The second-order valence-electron chi connectivity index (χ2n) is 3.65. The number of nitrogens with zero attached hydrogens (tertiary/aromatic N) is 3. The molecule has 0 aliphatic heterocycles. The second kappa shape index (κ2) is 4.55. The standard InChI is InChI=1S/C11H11BrClN3/c1-7-3-8(5-9(12)4-7)11-15-14-10(6-13)16(11)2/h3-5H,6H2,1-2H3. The Morgan fingerprint density at radius 2 is 2.06 bits per heavy atom. The quantitative estimate of drug-likeness (QED) is 0.797. The average Bonchev–Trinajstić information content (AvgIpc) is 2.58. The summed E-state index contributed by atoms with van der Waals surface area (Å²) in [5, 5.41) is 8.18. The van der Waals surface area contributed by atoms with E-state index in [0.29, 0.717) is 5.88 Å². The summed E-state index contributed by atoms with van der Waals surface area (Å²) in [5.74, 6) is 1.98. The lowest BCUT2D eigenvalue weighted by molar-refractivity contribution is 0.853. The molecule has 0 amide bonds. The van der Waals surface area contributed by atoms with Crippen molar-refractivity contribution in [3.05, 3.63) is 34.1 Å². The predicted molar refractivity (Wildman–Crippen MR) is 68.4 cm³/mol. The van der Waals surface area contributed by atoms with E-state index in [9.17, 15) is 0 Å². The van der Waals surface area contributed by atoms with Gasteiger partial charge in [0.15, 0.2) is 5.82 Å². The Balaban J connectivity index is 2.54. The van der Waals surface area contributed by atoms with Gasteiger partial charge in [-0.05, 0) is 30.7 Å². The third-order valence-electron chi connectivity index (χ3n) is 2.38. The zero-order valence-corrected chi connectivity index (χ0v) is 11.4. The summed E-state index contributed by atoms with van der Waals surface area (Å²) < 4.78 is 2.95. The summed E-state index contributed by atoms with van der Waals surface area (Å²) in [6, 6.07) is 6.16. The highest BCUT2D eigenvalue weighted by Gasteiger charge is 2.10. The highest BCUT2D eigenvalue weighted by molar-refractivity contribution is 9.10. The molecule has 1 heterocycles. The first-order chi connectivity index (χ1) is 7.61. The smallest absolute Gasteiger partial charge is 0.163 e. The van der Waals surface area contributed by atoms with Crippen LogP contribution in [0.2, 0.25) is 0 Å². The number of aryl methyl sites for hydroxylation is 1. The molecule has 0 atom stereocenters. The number of alkyl halides is 1. The molecule has 0 bridgehead atoms. The molecule has 0 unspecified atom stereocenters. The van der Waals surface area contributed by atoms with E-state index in [0.717, 1.165) is 21.7 Å². The van der Waals surface area contributed by atoms with E-state index in [1.54, 1.807) is 0 Å². The van der Waals surface area contributed by atoms with E-state index in [2.05, 4.69) is 38.3 Å². The average molecular weight is 301 g/mol. The van der Waals surface area contributed by atoms with Crippen LogP contribution in [0.1, 0.15) is 11.4 Å². The van der Waals surface area contributed by atoms with E-state index < -0.39 is 0 Å². The molecule has 0 saturated carbocycles. The van der Waals surface area contributed by atoms with Crippen LogP contribution in [0.5, 0.6) is 0 Å². The number of halogens is 2. The third kappa shape index (κ3) is 2.13. The zero-order chi connectivity index (χ0) is 11.7. The molecular formula is C11H11BrClN3. The topological polar surface area (TPSA) is 30.7 Å². The summed E-state index contributed by atoms with van der Waals surface area (Å²) in [6.07, 6.45) is 0. The van der Waals surface area contributed by atoms with Gasteiger partial charge in [0.1, 0.15) is 5.82 Å². The van der Waals surface area contributed by atoms with Gasteiger partial charge in [0.2, 0.25) is 0 Å². The molecule has 0 aliphatic rings. The normalized spacial score (nSPS) is 10.8. The molecule has 2 aromatic rings. The number of benzene rings is 1. The Labute approximate surface area is 108 Å². The van der Waals surface area contributed by atoms with Crippen LogP contribution >= 0.6 is 27.5 Å². The number of aromatic nitrogens is 3. The van der Waals surface area contributed by atoms with Crippen molar-refractivity contribution in [3.63, 3.8) is 0 Å². The minimum atomic E-state index is 0.372. The Morgan fingerprint density at radius 1 is 1.31 bits per heavy atom. The van der Waals surface area contributed by atoms with Gasteiger partial charge in [-0.3, -0.25) is 0 Å². The van der Waals surface area contributed by atoms with Crippen LogP contribution < -0.4 is 0 Å². The van der Waals surface area contributed by atoms with Gasteiger partial charge in [0, 0.05) is 17.1 Å². The van der Waals surface area contributed by atoms with Crippen LogP contribution in [0.25, 0.3) is 11.4 Å². The van der Waals surface area contributed by atoms with E-state index in [1.165, 1.54) is 5.56 Å². The van der Waals surface area contributed by atoms with Crippen molar-refractivity contribution in [1.29, 1.82) is 0 Å². The second-order valence-corrected chi connectivity index (χ2v) is 4.83. The first-order valence-electron chi connectivity index (χ1n) is 4.83. The molecule has 0 fully saturated rings. The monoisotopic (exact) mass is 299 g/mol. The van der Waals surface area contributed by atoms with Crippen LogP contribution in [-0.4, -0.2) is 14.8 Å². The van der Waals surface area contributed by atoms with Crippen molar-refractivity contribution in [3.8, 4) is 11.4 Å². The van der Waals surface area contributed by atoms with Gasteiger partial charge in [0.05, 0.1) is 5.88 Å². The summed E-state index contributed by atoms with van der Waals surface area (Å²) in [6.45, 7) is 2.05. The summed E-state index contributed by atoms with van der Waals surface area (Å²) in [5.41, 5.74) is 2.22. The van der Waals surface area contributed by atoms with Gasteiger partial charge in [-0.1, -0.05) is 15.9 Å². The van der Waals surface area contributed by atoms with E-state index in [4.69, 9.17) is 11.6 Å². The van der Waals surface area contributed by atoms with Crippen molar-refractivity contribution < 1.29 is 0 Å². The summed E-state index contributed by atoms with van der Waals surface area (Å²) in [4.78, 5) is 0. The molecule has 2 rings (SSSR count). The molecular weight excluding hydrogens is 289 g/mol. The van der Waals surface area contributed by atoms with Gasteiger partial charge >= 0.3 is 0 Å². The van der Waals surface area contributed by atoms with Crippen LogP contribution in [0.3, 0.4) is 0 Å². The van der Waals surface area contributed by atoms with Gasteiger partial charge in [-0.25, -0.2) is 0 Å². The predicted octanol–water partition coefficient (Wildman–Crippen LogP) is 3.29. The summed E-state index contributed by atoms with van der Waals surface area (Å²) >= 11 is 9.24. The minimum absolute atomic E-state index is 0.372. The fourth-order valence-corrected chi connectivity index (χ4v) is 2.44. The van der Waals surface area contributed by atoms with Crippen molar-refractivity contribution >= 4 is 27.5 Å². The maximum absolute atomic E-state index is 5.76. The fourth-order valence-electron chi connectivity index (χ4n) is 1.59. The Bertz CT molecular complexity index is 502. The highest BCUT2D eigenvalue weighted by Crippen LogP contribution is 2.23. The molecule has 3 nitrogen and oxygen atoms in total. The molecule has 1 aromatic heterocycles. The van der Waals surface area contributed by atoms with Gasteiger partial charge in [-0.2, -0.15) is 0 Å². The Kier molecular flexibility index (Phi) is 3.30. The summed E-state index contributed by atoms with van der Waals surface area (Å²) in [7, 11) is 1.92. The Morgan fingerprint density at radius 3 is 2.62 bits per heavy atom. The Hall–Kier alpha value is -0.870. The van der Waals surface area contributed by atoms with E-state index in [-0.39, 0.29) is 0 Å². The SMILES string of the molecule is Cc1cc(Br)cc(-c2nnc(CCl)n2C)c1. The number of rotatable bonds is 2. The van der Waals surface area contributed by atoms with Crippen LogP contribution in [0, 0.1) is 6.92 Å². The number of hydrogen-bond donors (Lipinski definition) is 0. The first-order valence-corrected chi connectivity index (χ1v) is 6.16. The van der Waals surface area contributed by atoms with Gasteiger partial charge in [0.25, 0.3) is 0 Å². The molecule has 0 spiro atoms. The molecule has 84 valence electrons. The van der Waals surface area contributed by atoms with Crippen LogP contribution in [0.15, 0.2) is 22.7 Å². The molecule has 0 aliphatic carbocycles. The van der Waals surface area contributed by atoms with Crippen molar-refractivity contribution in [2.45, 2.75) is 12.8 Å².